The van der Waals surface area contributed by atoms with Crippen molar-refractivity contribution in [2.24, 2.45) is 11.8 Å². The molecule has 1 heterocycles. The Bertz CT molecular complexity index is 324. The first kappa shape index (κ1) is 13.4. The zero-order chi connectivity index (χ0) is 13.1. The van der Waals surface area contributed by atoms with Gasteiger partial charge in [0.05, 0.1) is 0 Å². The van der Waals surface area contributed by atoms with Crippen LogP contribution in [0.25, 0.3) is 0 Å². The highest BCUT2D eigenvalue weighted by atomic mass is 16.2. The second-order valence-electron chi connectivity index (χ2n) is 5.95. The van der Waals surface area contributed by atoms with Crippen LogP contribution in [0.4, 0.5) is 0 Å². The van der Waals surface area contributed by atoms with Crippen molar-refractivity contribution in [1.82, 2.24) is 10.2 Å². The predicted molar refractivity (Wildman–Crippen MR) is 69.9 cm³/mol. The lowest BCUT2D eigenvalue weighted by Gasteiger charge is -2.26. The molecule has 1 atom stereocenters. The van der Waals surface area contributed by atoms with Gasteiger partial charge in [0, 0.05) is 19.5 Å². The Morgan fingerprint density at radius 1 is 1.33 bits per heavy atom. The lowest BCUT2D eigenvalue weighted by atomic mass is 10.0. The van der Waals surface area contributed by atoms with Crippen LogP contribution in [0.3, 0.4) is 0 Å². The summed E-state index contributed by atoms with van der Waals surface area (Å²) >= 11 is 0. The van der Waals surface area contributed by atoms with Crippen LogP contribution in [0, 0.1) is 11.8 Å². The first-order valence-electron chi connectivity index (χ1n) is 7.16. The molecule has 0 aromatic heterocycles. The van der Waals surface area contributed by atoms with E-state index < -0.39 is 0 Å². The van der Waals surface area contributed by atoms with E-state index >= 15 is 0 Å². The van der Waals surface area contributed by atoms with E-state index in [1.807, 2.05) is 18.7 Å². The Morgan fingerprint density at radius 3 is 2.67 bits per heavy atom. The minimum absolute atomic E-state index is 0.00624. The highest BCUT2D eigenvalue weighted by molar-refractivity contribution is 5.90. The highest BCUT2D eigenvalue weighted by Gasteiger charge is 2.31. The SMILES string of the molecule is CC(C)C1NC(=O)CCN(CCCC2CC2)C1=O. The van der Waals surface area contributed by atoms with Crippen molar-refractivity contribution in [3.05, 3.63) is 0 Å². The summed E-state index contributed by atoms with van der Waals surface area (Å²) in [7, 11) is 0. The Morgan fingerprint density at radius 2 is 2.06 bits per heavy atom. The molecule has 2 fully saturated rings. The van der Waals surface area contributed by atoms with Crippen LogP contribution in [0.2, 0.25) is 0 Å². The minimum atomic E-state index is -0.332. The van der Waals surface area contributed by atoms with Gasteiger partial charge in [-0.25, -0.2) is 0 Å². The highest BCUT2D eigenvalue weighted by Crippen LogP contribution is 2.33. The fourth-order valence-electron chi connectivity index (χ4n) is 2.50. The maximum Gasteiger partial charge on any atom is 0.245 e. The van der Waals surface area contributed by atoms with Gasteiger partial charge in [-0.15, -0.1) is 0 Å². The fraction of sp³-hybridized carbons (Fsp3) is 0.857. The molecule has 1 aliphatic carbocycles. The molecule has 0 aromatic carbocycles. The zero-order valence-electron chi connectivity index (χ0n) is 11.4. The molecule has 2 rings (SSSR count). The van der Waals surface area contributed by atoms with Gasteiger partial charge in [-0.2, -0.15) is 0 Å². The molecule has 0 spiro atoms. The maximum absolute atomic E-state index is 12.3. The second kappa shape index (κ2) is 5.72. The lowest BCUT2D eigenvalue weighted by molar-refractivity contribution is -0.134. The Labute approximate surface area is 109 Å². The molecular weight excluding hydrogens is 228 g/mol. The van der Waals surface area contributed by atoms with E-state index in [4.69, 9.17) is 0 Å². The minimum Gasteiger partial charge on any atom is -0.344 e. The van der Waals surface area contributed by atoms with Gasteiger partial charge in [0.1, 0.15) is 6.04 Å². The molecule has 1 saturated heterocycles. The van der Waals surface area contributed by atoms with Crippen molar-refractivity contribution in [1.29, 1.82) is 0 Å². The van der Waals surface area contributed by atoms with Gasteiger partial charge in [0.2, 0.25) is 11.8 Å². The Balaban J connectivity index is 1.89. The van der Waals surface area contributed by atoms with Crippen molar-refractivity contribution < 1.29 is 9.59 Å². The number of carbonyl (C=O) groups is 2. The summed E-state index contributed by atoms with van der Waals surface area (Å²) in [4.78, 5) is 25.8. The molecule has 0 bridgehead atoms. The maximum atomic E-state index is 12.3. The summed E-state index contributed by atoms with van der Waals surface area (Å²) in [6.45, 7) is 5.36. The van der Waals surface area contributed by atoms with Crippen LogP contribution >= 0.6 is 0 Å². The van der Waals surface area contributed by atoms with Crippen molar-refractivity contribution in [3.8, 4) is 0 Å². The quantitative estimate of drug-likeness (QED) is 0.807. The van der Waals surface area contributed by atoms with Gasteiger partial charge < -0.3 is 10.2 Å². The van der Waals surface area contributed by atoms with Gasteiger partial charge in [0.15, 0.2) is 0 Å². The average Bonchev–Trinajstić information content (AvgIpc) is 3.12. The Hall–Kier alpha value is -1.06. The number of rotatable bonds is 5. The van der Waals surface area contributed by atoms with E-state index in [0.29, 0.717) is 13.0 Å². The van der Waals surface area contributed by atoms with Crippen LogP contribution in [-0.2, 0) is 9.59 Å². The first-order chi connectivity index (χ1) is 8.58. The predicted octanol–water partition coefficient (Wildman–Crippen LogP) is 1.55. The molecule has 1 aliphatic heterocycles. The largest absolute Gasteiger partial charge is 0.344 e. The Kier molecular flexibility index (Phi) is 4.25. The summed E-state index contributed by atoms with van der Waals surface area (Å²) < 4.78 is 0. The van der Waals surface area contributed by atoms with Gasteiger partial charge in [-0.3, -0.25) is 9.59 Å². The standard InChI is InChI=1S/C14H24N2O2/c1-10(2)13-14(18)16(9-7-12(17)15-13)8-3-4-11-5-6-11/h10-11,13H,3-9H2,1-2H3,(H,15,17). The summed E-state index contributed by atoms with van der Waals surface area (Å²) in [5, 5.41) is 2.84. The third-order valence-electron chi connectivity index (χ3n) is 3.91. The van der Waals surface area contributed by atoms with Crippen molar-refractivity contribution in [3.63, 3.8) is 0 Å². The molecule has 0 radical (unpaired) electrons. The number of hydrogen-bond acceptors (Lipinski definition) is 2. The van der Waals surface area contributed by atoms with Crippen LogP contribution < -0.4 is 5.32 Å². The number of amides is 2. The molecule has 0 aromatic rings. The molecule has 18 heavy (non-hydrogen) atoms. The van der Waals surface area contributed by atoms with Crippen LogP contribution in [0.5, 0.6) is 0 Å². The van der Waals surface area contributed by atoms with E-state index in [-0.39, 0.29) is 23.8 Å². The molecule has 1 unspecified atom stereocenters. The fourth-order valence-corrected chi connectivity index (χ4v) is 2.50. The number of carbonyl (C=O) groups excluding carboxylic acids is 2. The lowest BCUT2D eigenvalue weighted by Crippen LogP contribution is -2.47. The zero-order valence-corrected chi connectivity index (χ0v) is 11.4. The van der Waals surface area contributed by atoms with E-state index in [1.165, 1.54) is 19.3 Å². The number of hydrogen-bond donors (Lipinski definition) is 1. The molecule has 1 saturated carbocycles. The second-order valence-corrected chi connectivity index (χ2v) is 5.95. The third kappa shape index (κ3) is 3.47. The average molecular weight is 252 g/mol. The smallest absolute Gasteiger partial charge is 0.245 e. The van der Waals surface area contributed by atoms with Crippen LogP contribution in [0.15, 0.2) is 0 Å². The molecular formula is C14H24N2O2. The van der Waals surface area contributed by atoms with E-state index in [9.17, 15) is 9.59 Å². The summed E-state index contributed by atoms with van der Waals surface area (Å²) in [5.74, 6) is 1.18. The van der Waals surface area contributed by atoms with Crippen molar-refractivity contribution >= 4 is 11.8 Å². The van der Waals surface area contributed by atoms with Gasteiger partial charge in [0.25, 0.3) is 0 Å². The van der Waals surface area contributed by atoms with Crippen LogP contribution in [0.1, 0.15) is 46.0 Å². The van der Waals surface area contributed by atoms with Gasteiger partial charge in [-0.1, -0.05) is 26.7 Å². The summed E-state index contributed by atoms with van der Waals surface area (Å²) in [6, 6.07) is -0.332. The third-order valence-corrected chi connectivity index (χ3v) is 3.91. The molecule has 2 amide bonds. The molecule has 1 N–H and O–H groups in total. The summed E-state index contributed by atoms with van der Waals surface area (Å²) in [6.07, 6.45) is 5.48. The summed E-state index contributed by atoms with van der Waals surface area (Å²) in [5.41, 5.74) is 0. The molecule has 102 valence electrons. The number of nitrogens with zero attached hydrogens (tertiary/aromatic N) is 1. The first-order valence-corrected chi connectivity index (χ1v) is 7.16. The molecule has 4 nitrogen and oxygen atoms in total. The van der Waals surface area contributed by atoms with E-state index in [1.54, 1.807) is 0 Å². The van der Waals surface area contributed by atoms with Gasteiger partial charge in [-0.05, 0) is 24.7 Å². The molecule has 4 heteroatoms. The van der Waals surface area contributed by atoms with Crippen LogP contribution in [-0.4, -0.2) is 35.8 Å². The van der Waals surface area contributed by atoms with Gasteiger partial charge >= 0.3 is 0 Å². The molecule has 2 aliphatic rings. The number of nitrogens with one attached hydrogen (secondary N) is 1. The van der Waals surface area contributed by atoms with E-state index in [0.717, 1.165) is 18.9 Å². The van der Waals surface area contributed by atoms with Crippen molar-refractivity contribution in [2.75, 3.05) is 13.1 Å². The monoisotopic (exact) mass is 252 g/mol. The topological polar surface area (TPSA) is 49.4 Å². The van der Waals surface area contributed by atoms with Crippen molar-refractivity contribution in [2.45, 2.75) is 52.0 Å². The normalized spacial score (nSPS) is 25.3. The van der Waals surface area contributed by atoms with E-state index in [2.05, 4.69) is 5.32 Å².